The molecule has 1 aliphatic carbocycles. The molecule has 0 bridgehead atoms. The molecule has 5 rings (SSSR count). The van der Waals surface area contributed by atoms with Crippen LogP contribution in [0.15, 0.2) is 91.3 Å². The maximum Gasteiger partial charge on any atom is 0.119 e. The molecule has 3 nitrogen and oxygen atoms in total. The minimum atomic E-state index is 0.341. The average Bonchev–Trinajstić information content (AvgIpc) is 3.31. The second-order valence-corrected chi connectivity index (χ2v) is 8.88. The van der Waals surface area contributed by atoms with Gasteiger partial charge in [0.15, 0.2) is 0 Å². The van der Waals surface area contributed by atoms with Crippen LogP contribution in [0.25, 0.3) is 10.8 Å². The monoisotopic (exact) mass is 422 g/mol. The first-order chi connectivity index (χ1) is 15.8. The van der Waals surface area contributed by atoms with Crippen LogP contribution >= 0.6 is 0 Å². The summed E-state index contributed by atoms with van der Waals surface area (Å²) in [7, 11) is 0. The quantitative estimate of drug-likeness (QED) is 0.356. The Balaban J connectivity index is 1.18. The largest absolute Gasteiger partial charge is 0.489 e. The Bertz CT molecular complexity index is 1150. The van der Waals surface area contributed by atoms with E-state index in [9.17, 15) is 0 Å². The van der Waals surface area contributed by atoms with Gasteiger partial charge in [-0.25, -0.2) is 0 Å². The van der Waals surface area contributed by atoms with E-state index in [1.54, 1.807) is 6.20 Å². The third-order valence-corrected chi connectivity index (χ3v) is 6.69. The van der Waals surface area contributed by atoms with Crippen molar-refractivity contribution in [2.75, 3.05) is 0 Å². The summed E-state index contributed by atoms with van der Waals surface area (Å²) in [5.74, 6) is 1.52. The second kappa shape index (κ2) is 9.54. The van der Waals surface area contributed by atoms with Crippen LogP contribution in [0, 0.1) is 0 Å². The van der Waals surface area contributed by atoms with Crippen molar-refractivity contribution in [2.24, 2.45) is 0 Å². The van der Waals surface area contributed by atoms with Crippen molar-refractivity contribution in [1.82, 2.24) is 10.3 Å². The Morgan fingerprint density at radius 2 is 1.78 bits per heavy atom. The molecule has 0 aliphatic heterocycles. The topological polar surface area (TPSA) is 34.1 Å². The summed E-state index contributed by atoms with van der Waals surface area (Å²) in [6, 6.07) is 28.8. The van der Waals surface area contributed by atoms with Gasteiger partial charge in [0, 0.05) is 30.0 Å². The molecule has 0 radical (unpaired) electrons. The number of rotatable bonds is 7. The van der Waals surface area contributed by atoms with E-state index in [1.165, 1.54) is 41.2 Å². The smallest absolute Gasteiger partial charge is 0.119 e. The lowest BCUT2D eigenvalue weighted by atomic mass is 9.96. The van der Waals surface area contributed by atoms with Crippen LogP contribution in [0.5, 0.6) is 5.75 Å². The lowest BCUT2D eigenvalue weighted by molar-refractivity contribution is 0.305. The van der Waals surface area contributed by atoms with Crippen LogP contribution in [0.4, 0.5) is 0 Å². The summed E-state index contributed by atoms with van der Waals surface area (Å²) in [6.45, 7) is 2.85. The summed E-state index contributed by atoms with van der Waals surface area (Å²) < 4.78 is 5.92. The second-order valence-electron chi connectivity index (χ2n) is 8.88. The standard InChI is InChI=1S/C29H30N2O/c1-21(28-10-4-8-24-7-2-3-9-29(24)28)31-26-14-11-25(18-26)23-12-15-27(16-13-23)32-20-22-6-5-17-30-19-22/h2-10,12-13,15-17,19,21,25-26,31H,11,14,18,20H2,1H3/t21-,25?,26?/m1/s1. The van der Waals surface area contributed by atoms with Crippen molar-refractivity contribution < 1.29 is 4.74 Å². The molecule has 0 amide bonds. The Hall–Kier alpha value is -3.17. The number of fused-ring (bicyclic) bond motifs is 1. The van der Waals surface area contributed by atoms with Crippen molar-refractivity contribution in [2.45, 2.75) is 50.8 Å². The van der Waals surface area contributed by atoms with Crippen molar-refractivity contribution in [1.29, 1.82) is 0 Å². The minimum absolute atomic E-state index is 0.341. The van der Waals surface area contributed by atoms with Crippen molar-refractivity contribution in [3.63, 3.8) is 0 Å². The van der Waals surface area contributed by atoms with Crippen LogP contribution in [-0.2, 0) is 6.61 Å². The SMILES string of the molecule is C[C@@H](NC1CCC(c2ccc(OCc3cccnc3)cc2)C1)c1cccc2ccccc12. The summed E-state index contributed by atoms with van der Waals surface area (Å²) in [4.78, 5) is 4.14. The van der Waals surface area contributed by atoms with Gasteiger partial charge >= 0.3 is 0 Å². The van der Waals surface area contributed by atoms with Crippen LogP contribution in [0.2, 0.25) is 0 Å². The number of nitrogens with one attached hydrogen (secondary N) is 1. The first-order valence-corrected chi connectivity index (χ1v) is 11.6. The lowest BCUT2D eigenvalue weighted by Crippen LogP contribution is -2.29. The summed E-state index contributed by atoms with van der Waals surface area (Å²) in [5.41, 5.74) is 3.89. The first-order valence-electron chi connectivity index (χ1n) is 11.6. The zero-order valence-corrected chi connectivity index (χ0v) is 18.6. The molecule has 0 saturated heterocycles. The highest BCUT2D eigenvalue weighted by Crippen LogP contribution is 2.36. The molecule has 1 N–H and O–H groups in total. The Kier molecular flexibility index (Phi) is 6.17. The van der Waals surface area contributed by atoms with Crippen LogP contribution in [0.3, 0.4) is 0 Å². The van der Waals surface area contributed by atoms with Gasteiger partial charge in [0.25, 0.3) is 0 Å². The zero-order chi connectivity index (χ0) is 21.8. The predicted molar refractivity (Wildman–Crippen MR) is 131 cm³/mol. The summed E-state index contributed by atoms with van der Waals surface area (Å²) in [5, 5.41) is 6.57. The Labute approximate surface area is 190 Å². The van der Waals surface area contributed by atoms with Crippen LogP contribution < -0.4 is 10.1 Å². The number of nitrogens with zero attached hydrogens (tertiary/aromatic N) is 1. The fraction of sp³-hybridized carbons (Fsp3) is 0.276. The first kappa shape index (κ1) is 20.7. The molecule has 3 heteroatoms. The van der Waals surface area contributed by atoms with E-state index in [1.807, 2.05) is 18.3 Å². The van der Waals surface area contributed by atoms with E-state index >= 15 is 0 Å². The molecule has 2 unspecified atom stereocenters. The lowest BCUT2D eigenvalue weighted by Gasteiger charge is -2.21. The van der Waals surface area contributed by atoms with Gasteiger partial charge < -0.3 is 10.1 Å². The number of benzene rings is 3. The minimum Gasteiger partial charge on any atom is -0.489 e. The molecule has 3 aromatic carbocycles. The maximum absolute atomic E-state index is 5.92. The molecule has 3 atom stereocenters. The highest BCUT2D eigenvalue weighted by atomic mass is 16.5. The maximum atomic E-state index is 5.92. The van der Waals surface area contributed by atoms with Gasteiger partial charge in [-0.1, -0.05) is 60.7 Å². The van der Waals surface area contributed by atoms with Gasteiger partial charge in [-0.05, 0) is 72.2 Å². The van der Waals surface area contributed by atoms with Crippen molar-refractivity contribution >= 4 is 10.8 Å². The van der Waals surface area contributed by atoms with E-state index in [2.05, 4.69) is 84.0 Å². The average molecular weight is 423 g/mol. The van der Waals surface area contributed by atoms with E-state index in [0.717, 1.165) is 11.3 Å². The fourth-order valence-corrected chi connectivity index (χ4v) is 4.99. The molecule has 1 aromatic heterocycles. The van der Waals surface area contributed by atoms with E-state index in [-0.39, 0.29) is 0 Å². The summed E-state index contributed by atoms with van der Waals surface area (Å²) in [6.07, 6.45) is 7.27. The number of aromatic nitrogens is 1. The molecule has 1 heterocycles. The number of hydrogen-bond acceptors (Lipinski definition) is 3. The zero-order valence-electron chi connectivity index (χ0n) is 18.6. The summed E-state index contributed by atoms with van der Waals surface area (Å²) >= 11 is 0. The molecular formula is C29H30N2O. The molecule has 1 fully saturated rings. The van der Waals surface area contributed by atoms with Gasteiger partial charge in [-0.15, -0.1) is 0 Å². The Morgan fingerprint density at radius 1 is 0.938 bits per heavy atom. The highest BCUT2D eigenvalue weighted by Gasteiger charge is 2.27. The van der Waals surface area contributed by atoms with E-state index in [4.69, 9.17) is 4.74 Å². The third kappa shape index (κ3) is 4.68. The molecule has 4 aromatic rings. The highest BCUT2D eigenvalue weighted by molar-refractivity contribution is 5.86. The number of ether oxygens (including phenoxy) is 1. The number of pyridine rings is 1. The van der Waals surface area contributed by atoms with Gasteiger partial charge in [-0.2, -0.15) is 0 Å². The normalized spacial score (nSPS) is 19.2. The van der Waals surface area contributed by atoms with Gasteiger partial charge in [0.05, 0.1) is 0 Å². The van der Waals surface area contributed by atoms with Crippen molar-refractivity contribution in [3.05, 3.63) is 108 Å². The Morgan fingerprint density at radius 3 is 2.62 bits per heavy atom. The molecule has 32 heavy (non-hydrogen) atoms. The van der Waals surface area contributed by atoms with E-state index < -0.39 is 0 Å². The van der Waals surface area contributed by atoms with Gasteiger partial charge in [0.1, 0.15) is 12.4 Å². The molecule has 1 aliphatic rings. The van der Waals surface area contributed by atoms with Crippen LogP contribution in [-0.4, -0.2) is 11.0 Å². The molecule has 162 valence electrons. The molecular weight excluding hydrogens is 392 g/mol. The fourth-order valence-electron chi connectivity index (χ4n) is 4.99. The van der Waals surface area contributed by atoms with Gasteiger partial charge in [-0.3, -0.25) is 4.98 Å². The van der Waals surface area contributed by atoms with Gasteiger partial charge in [0.2, 0.25) is 0 Å². The van der Waals surface area contributed by atoms with Crippen LogP contribution in [0.1, 0.15) is 54.8 Å². The molecule has 1 saturated carbocycles. The third-order valence-electron chi connectivity index (χ3n) is 6.69. The van der Waals surface area contributed by atoms with Crippen molar-refractivity contribution in [3.8, 4) is 5.75 Å². The van der Waals surface area contributed by atoms with E-state index in [0.29, 0.717) is 24.6 Å². The predicted octanol–water partition coefficient (Wildman–Crippen LogP) is 6.80. The molecule has 0 spiro atoms. The number of hydrogen-bond donors (Lipinski definition) is 1.